The van der Waals surface area contributed by atoms with Crippen molar-refractivity contribution in [3.05, 3.63) is 65.6 Å². The summed E-state index contributed by atoms with van der Waals surface area (Å²) in [6.45, 7) is 3.83. The van der Waals surface area contributed by atoms with Gasteiger partial charge >= 0.3 is 5.97 Å². The van der Waals surface area contributed by atoms with Crippen LogP contribution in [0.25, 0.3) is 6.08 Å². The summed E-state index contributed by atoms with van der Waals surface area (Å²) in [4.78, 5) is 24.2. The molecule has 0 saturated carbocycles. The van der Waals surface area contributed by atoms with Gasteiger partial charge in [0.15, 0.2) is 0 Å². The van der Waals surface area contributed by atoms with Crippen molar-refractivity contribution in [3.63, 3.8) is 0 Å². The molecular formula is C19H21NO4. The first kappa shape index (κ1) is 17.5. The zero-order chi connectivity index (χ0) is 17.4. The van der Waals surface area contributed by atoms with Crippen molar-refractivity contribution in [2.75, 3.05) is 6.61 Å². The van der Waals surface area contributed by atoms with Crippen molar-refractivity contribution in [2.24, 2.45) is 0 Å². The first-order valence-corrected chi connectivity index (χ1v) is 7.84. The lowest BCUT2D eigenvalue weighted by molar-refractivity contribution is -0.146. The van der Waals surface area contributed by atoms with E-state index < -0.39 is 12.0 Å². The van der Waals surface area contributed by atoms with Crippen molar-refractivity contribution >= 4 is 18.0 Å². The zero-order valence-corrected chi connectivity index (χ0v) is 13.8. The first-order valence-electron chi connectivity index (χ1n) is 7.84. The molecule has 1 unspecified atom stereocenters. The van der Waals surface area contributed by atoms with E-state index in [1.54, 1.807) is 19.1 Å². The molecule has 0 aliphatic heterocycles. The molecule has 0 radical (unpaired) electrons. The molecule has 1 heterocycles. The Morgan fingerprint density at radius 2 is 1.96 bits per heavy atom. The molecule has 2 aromatic rings. The molecule has 2 rings (SSSR count). The van der Waals surface area contributed by atoms with Gasteiger partial charge in [-0.15, -0.1) is 0 Å². The van der Waals surface area contributed by atoms with E-state index >= 15 is 0 Å². The second-order valence-electron chi connectivity index (χ2n) is 5.28. The molecular weight excluding hydrogens is 306 g/mol. The number of nitrogens with one attached hydrogen (secondary N) is 1. The lowest BCUT2D eigenvalue weighted by Gasteiger charge is -2.16. The molecule has 0 aliphatic rings. The highest BCUT2D eigenvalue weighted by Gasteiger charge is 2.21. The van der Waals surface area contributed by atoms with Gasteiger partial charge in [0.25, 0.3) is 0 Å². The number of hydrogen-bond acceptors (Lipinski definition) is 4. The predicted molar refractivity (Wildman–Crippen MR) is 91.2 cm³/mol. The van der Waals surface area contributed by atoms with Crippen LogP contribution in [0.1, 0.15) is 24.0 Å². The molecule has 1 N–H and O–H groups in total. The van der Waals surface area contributed by atoms with Crippen LogP contribution in [0.3, 0.4) is 0 Å². The summed E-state index contributed by atoms with van der Waals surface area (Å²) < 4.78 is 10.4. The van der Waals surface area contributed by atoms with Crippen LogP contribution >= 0.6 is 0 Å². The largest absolute Gasteiger partial charge is 0.464 e. The summed E-state index contributed by atoms with van der Waals surface area (Å²) in [6, 6.07) is 12.3. The van der Waals surface area contributed by atoms with E-state index in [-0.39, 0.29) is 12.5 Å². The molecule has 126 valence electrons. The third-order valence-corrected chi connectivity index (χ3v) is 3.33. The first-order chi connectivity index (χ1) is 11.6. The Bertz CT molecular complexity index is 703. The maximum atomic E-state index is 12.1. The van der Waals surface area contributed by atoms with E-state index in [0.29, 0.717) is 12.2 Å². The van der Waals surface area contributed by atoms with Crippen LogP contribution in [0.15, 0.2) is 53.0 Å². The van der Waals surface area contributed by atoms with Crippen LogP contribution in [-0.4, -0.2) is 24.5 Å². The van der Waals surface area contributed by atoms with Crippen molar-refractivity contribution in [2.45, 2.75) is 26.3 Å². The molecule has 0 aliphatic carbocycles. The van der Waals surface area contributed by atoms with E-state index in [2.05, 4.69) is 5.32 Å². The van der Waals surface area contributed by atoms with Gasteiger partial charge < -0.3 is 14.5 Å². The lowest BCUT2D eigenvalue weighted by Crippen LogP contribution is -2.42. The average Bonchev–Trinajstić information content (AvgIpc) is 2.99. The second-order valence-corrected chi connectivity index (χ2v) is 5.28. The topological polar surface area (TPSA) is 68.5 Å². The van der Waals surface area contributed by atoms with Crippen LogP contribution in [0, 0.1) is 6.92 Å². The number of carbonyl (C=O) groups excluding carboxylic acids is 2. The minimum Gasteiger partial charge on any atom is -0.464 e. The summed E-state index contributed by atoms with van der Waals surface area (Å²) >= 11 is 0. The third-order valence-electron chi connectivity index (χ3n) is 3.33. The number of aryl methyl sites for hydroxylation is 1. The predicted octanol–water partition coefficient (Wildman–Crippen LogP) is 2.89. The molecule has 0 fully saturated rings. The second kappa shape index (κ2) is 8.72. The van der Waals surface area contributed by atoms with Gasteiger partial charge in [-0.2, -0.15) is 0 Å². The maximum absolute atomic E-state index is 12.1. The molecule has 0 spiro atoms. The minimum atomic E-state index is -0.733. The molecule has 1 amide bonds. The van der Waals surface area contributed by atoms with Gasteiger partial charge in [-0.05, 0) is 37.6 Å². The molecule has 0 saturated heterocycles. The summed E-state index contributed by atoms with van der Waals surface area (Å²) in [5.74, 6) is 0.525. The van der Waals surface area contributed by atoms with Crippen LogP contribution < -0.4 is 5.32 Å². The number of benzene rings is 1. The lowest BCUT2D eigenvalue weighted by atomic mass is 10.1. The van der Waals surface area contributed by atoms with Gasteiger partial charge in [0.05, 0.1) is 6.61 Å². The van der Waals surface area contributed by atoms with Gasteiger partial charge in [0.1, 0.15) is 17.6 Å². The smallest absolute Gasteiger partial charge is 0.328 e. The summed E-state index contributed by atoms with van der Waals surface area (Å²) in [6.07, 6.45) is 3.28. The Kier molecular flexibility index (Phi) is 6.37. The highest BCUT2D eigenvalue weighted by atomic mass is 16.5. The van der Waals surface area contributed by atoms with Crippen LogP contribution in [0.4, 0.5) is 0 Å². The van der Waals surface area contributed by atoms with Gasteiger partial charge in [0, 0.05) is 12.5 Å². The maximum Gasteiger partial charge on any atom is 0.328 e. The van der Waals surface area contributed by atoms with Gasteiger partial charge in [0.2, 0.25) is 5.91 Å². The SMILES string of the molecule is CCOC(=O)C(Cc1ccccc1)NC(=O)/C=C/c1ccc(C)o1. The Balaban J connectivity index is 2.02. The molecule has 1 atom stereocenters. The van der Waals surface area contributed by atoms with E-state index in [9.17, 15) is 9.59 Å². The fourth-order valence-corrected chi connectivity index (χ4v) is 2.21. The van der Waals surface area contributed by atoms with Crippen LogP contribution in [0.5, 0.6) is 0 Å². The number of esters is 1. The van der Waals surface area contributed by atoms with Crippen molar-refractivity contribution in [3.8, 4) is 0 Å². The highest BCUT2D eigenvalue weighted by molar-refractivity contribution is 5.94. The van der Waals surface area contributed by atoms with Crippen LogP contribution in [0.2, 0.25) is 0 Å². The van der Waals surface area contributed by atoms with E-state index in [4.69, 9.17) is 9.15 Å². The number of amides is 1. The number of hydrogen-bond donors (Lipinski definition) is 1. The van der Waals surface area contributed by atoms with Crippen molar-refractivity contribution in [1.82, 2.24) is 5.32 Å². The Morgan fingerprint density at radius 1 is 1.21 bits per heavy atom. The quantitative estimate of drug-likeness (QED) is 0.627. The monoisotopic (exact) mass is 327 g/mol. The zero-order valence-electron chi connectivity index (χ0n) is 13.8. The summed E-state index contributed by atoms with van der Waals surface area (Å²) in [5.41, 5.74) is 0.946. The molecule has 1 aromatic heterocycles. The fourth-order valence-electron chi connectivity index (χ4n) is 2.21. The highest BCUT2D eigenvalue weighted by Crippen LogP contribution is 2.08. The Labute approximate surface area is 141 Å². The van der Waals surface area contributed by atoms with Crippen molar-refractivity contribution < 1.29 is 18.7 Å². The normalized spacial score (nSPS) is 12.1. The van der Waals surface area contributed by atoms with Crippen molar-refractivity contribution in [1.29, 1.82) is 0 Å². The number of furan rings is 1. The van der Waals surface area contributed by atoms with Gasteiger partial charge in [-0.3, -0.25) is 4.79 Å². The van der Waals surface area contributed by atoms with Gasteiger partial charge in [-0.25, -0.2) is 4.79 Å². The van der Waals surface area contributed by atoms with E-state index in [0.717, 1.165) is 11.3 Å². The summed E-state index contributed by atoms with van der Waals surface area (Å²) in [7, 11) is 0. The minimum absolute atomic E-state index is 0.265. The molecule has 24 heavy (non-hydrogen) atoms. The Morgan fingerprint density at radius 3 is 2.58 bits per heavy atom. The summed E-state index contributed by atoms with van der Waals surface area (Å²) in [5, 5.41) is 2.69. The standard InChI is InChI=1S/C19H21NO4/c1-3-23-19(22)17(13-15-7-5-4-6-8-15)20-18(21)12-11-16-10-9-14(2)24-16/h4-12,17H,3,13H2,1-2H3,(H,20,21)/b12-11+. The third kappa shape index (κ3) is 5.43. The van der Waals surface area contributed by atoms with Gasteiger partial charge in [-0.1, -0.05) is 30.3 Å². The molecule has 0 bridgehead atoms. The Hall–Kier alpha value is -2.82. The van der Waals surface area contributed by atoms with E-state index in [1.807, 2.05) is 43.3 Å². The average molecular weight is 327 g/mol. The number of carbonyl (C=O) groups is 2. The number of rotatable bonds is 7. The fraction of sp³-hybridized carbons (Fsp3) is 0.263. The number of ether oxygens (including phenoxy) is 1. The molecule has 1 aromatic carbocycles. The molecule has 5 nitrogen and oxygen atoms in total. The molecule has 5 heteroatoms. The van der Waals surface area contributed by atoms with E-state index in [1.165, 1.54) is 6.08 Å². The van der Waals surface area contributed by atoms with Crippen LogP contribution in [-0.2, 0) is 20.7 Å².